The maximum absolute atomic E-state index is 11.4. The maximum atomic E-state index is 11.4. The van der Waals surface area contributed by atoms with Gasteiger partial charge in [0.15, 0.2) is 5.43 Å². The minimum Gasteiger partial charge on any atom is -0.476 e. The van der Waals surface area contributed by atoms with E-state index in [1.807, 2.05) is 0 Å². The largest absolute Gasteiger partial charge is 0.476 e. The van der Waals surface area contributed by atoms with Crippen LogP contribution in [0.4, 0.5) is 5.69 Å². The Kier molecular flexibility index (Phi) is 1.97. The minimum absolute atomic E-state index is 0.0246. The number of hydrogen-bond acceptors (Lipinski definition) is 4. The molecule has 0 saturated heterocycles. The Labute approximate surface area is 86.7 Å². The number of carboxylic acid groups (broad SMARTS) is 1. The lowest BCUT2D eigenvalue weighted by molar-refractivity contribution is -0.383. The van der Waals surface area contributed by atoms with E-state index in [1.165, 1.54) is 6.20 Å². The highest BCUT2D eigenvalue weighted by Crippen LogP contribution is 2.25. The number of nitro groups is 1. The fraction of sp³-hybridized carbons (Fsp3) is 0. The van der Waals surface area contributed by atoms with Crippen molar-refractivity contribution in [3.8, 4) is 0 Å². The van der Waals surface area contributed by atoms with Crippen molar-refractivity contribution in [2.24, 2.45) is 0 Å². The highest BCUT2D eigenvalue weighted by Gasteiger charge is 2.28. The van der Waals surface area contributed by atoms with E-state index in [2.05, 4.69) is 9.97 Å². The number of aromatic nitrogens is 2. The van der Waals surface area contributed by atoms with Crippen molar-refractivity contribution in [2.75, 3.05) is 0 Å². The summed E-state index contributed by atoms with van der Waals surface area (Å²) in [6.45, 7) is 0. The van der Waals surface area contributed by atoms with Gasteiger partial charge in [-0.15, -0.1) is 0 Å². The zero-order chi connectivity index (χ0) is 11.9. The van der Waals surface area contributed by atoms with Gasteiger partial charge in [0, 0.05) is 12.3 Å². The maximum Gasteiger partial charge on any atom is 0.359 e. The lowest BCUT2D eigenvalue weighted by atomic mass is 10.2. The fourth-order valence-electron chi connectivity index (χ4n) is 1.46. The van der Waals surface area contributed by atoms with Crippen LogP contribution in [0.2, 0.25) is 0 Å². The minimum atomic E-state index is -1.49. The van der Waals surface area contributed by atoms with Gasteiger partial charge in [0.25, 0.3) is 0 Å². The van der Waals surface area contributed by atoms with Gasteiger partial charge in [-0.25, -0.2) is 4.79 Å². The summed E-state index contributed by atoms with van der Waals surface area (Å²) in [4.78, 5) is 36.8. The van der Waals surface area contributed by atoms with Crippen molar-refractivity contribution < 1.29 is 14.8 Å². The third-order valence-electron chi connectivity index (χ3n) is 2.08. The zero-order valence-electron chi connectivity index (χ0n) is 7.68. The molecule has 82 valence electrons. The summed E-state index contributed by atoms with van der Waals surface area (Å²) in [5.74, 6) is -1.49. The molecule has 0 fully saturated rings. The van der Waals surface area contributed by atoms with Gasteiger partial charge in [-0.2, -0.15) is 0 Å². The molecule has 0 aliphatic heterocycles. The molecule has 0 radical (unpaired) electrons. The van der Waals surface area contributed by atoms with Crippen LogP contribution in [0, 0.1) is 10.1 Å². The number of carbonyl (C=O) groups is 1. The highest BCUT2D eigenvalue weighted by atomic mass is 16.6. The molecule has 2 rings (SSSR count). The summed E-state index contributed by atoms with van der Waals surface area (Å²) < 4.78 is 0. The Bertz CT molecular complexity index is 653. The summed E-state index contributed by atoms with van der Waals surface area (Å²) >= 11 is 0. The van der Waals surface area contributed by atoms with Crippen LogP contribution in [0.3, 0.4) is 0 Å². The van der Waals surface area contributed by atoms with Gasteiger partial charge >= 0.3 is 11.7 Å². The molecule has 0 saturated carbocycles. The Morgan fingerprint density at radius 1 is 1.50 bits per heavy atom. The number of nitrogens with zero attached hydrogens (tertiary/aromatic N) is 1. The quantitative estimate of drug-likeness (QED) is 0.503. The molecular weight excluding hydrogens is 218 g/mol. The Morgan fingerprint density at radius 2 is 2.19 bits per heavy atom. The SMILES string of the molecule is O=C(O)c1[nH]c2[nH]ccc(=O)c2c1[N+](=O)[O-]. The third-order valence-corrected chi connectivity index (χ3v) is 2.08. The molecule has 2 heterocycles. The molecule has 0 aliphatic rings. The number of H-pyrrole nitrogens is 2. The number of pyridine rings is 1. The van der Waals surface area contributed by atoms with Gasteiger partial charge in [0.2, 0.25) is 5.69 Å². The summed E-state index contributed by atoms with van der Waals surface area (Å²) in [5, 5.41) is 19.2. The normalized spacial score (nSPS) is 10.5. The molecule has 0 bridgehead atoms. The molecule has 3 N–H and O–H groups in total. The van der Waals surface area contributed by atoms with E-state index in [1.54, 1.807) is 0 Å². The monoisotopic (exact) mass is 223 g/mol. The van der Waals surface area contributed by atoms with Crippen LogP contribution in [0.5, 0.6) is 0 Å². The van der Waals surface area contributed by atoms with Gasteiger partial charge in [-0.05, 0) is 0 Å². The fourth-order valence-corrected chi connectivity index (χ4v) is 1.46. The Balaban J connectivity index is 3.00. The lowest BCUT2D eigenvalue weighted by Gasteiger charge is -1.89. The van der Waals surface area contributed by atoms with Gasteiger partial charge < -0.3 is 15.1 Å². The number of fused-ring (bicyclic) bond motifs is 1. The molecule has 16 heavy (non-hydrogen) atoms. The van der Waals surface area contributed by atoms with Crippen LogP contribution >= 0.6 is 0 Å². The summed E-state index contributed by atoms with van der Waals surface area (Å²) in [6.07, 6.45) is 1.27. The molecule has 0 aliphatic carbocycles. The number of hydrogen-bond donors (Lipinski definition) is 3. The van der Waals surface area contributed by atoms with E-state index in [4.69, 9.17) is 5.11 Å². The van der Waals surface area contributed by atoms with Gasteiger partial charge in [0.05, 0.1) is 4.92 Å². The number of aromatic carboxylic acids is 1. The van der Waals surface area contributed by atoms with Crippen LogP contribution in [0.15, 0.2) is 17.1 Å². The van der Waals surface area contributed by atoms with E-state index in [0.29, 0.717) is 0 Å². The summed E-state index contributed by atoms with van der Waals surface area (Å²) in [7, 11) is 0. The van der Waals surface area contributed by atoms with E-state index >= 15 is 0 Å². The predicted octanol–water partition coefficient (Wildman–Crippen LogP) is 0.463. The molecule has 0 atom stereocenters. The number of rotatable bonds is 2. The number of nitrogens with one attached hydrogen (secondary N) is 2. The predicted molar refractivity (Wildman–Crippen MR) is 52.5 cm³/mol. The highest BCUT2D eigenvalue weighted by molar-refractivity contribution is 6.01. The van der Waals surface area contributed by atoms with Crippen molar-refractivity contribution >= 4 is 22.7 Å². The number of aromatic amines is 2. The second-order valence-electron chi connectivity index (χ2n) is 3.00. The van der Waals surface area contributed by atoms with E-state index in [0.717, 1.165) is 6.07 Å². The van der Waals surface area contributed by atoms with Gasteiger partial charge in [-0.1, -0.05) is 0 Å². The van der Waals surface area contributed by atoms with E-state index in [9.17, 15) is 19.7 Å². The Morgan fingerprint density at radius 3 is 2.75 bits per heavy atom. The first-order chi connectivity index (χ1) is 7.52. The first-order valence-corrected chi connectivity index (χ1v) is 4.13. The number of carboxylic acids is 1. The van der Waals surface area contributed by atoms with E-state index in [-0.39, 0.29) is 11.0 Å². The first kappa shape index (κ1) is 9.90. The van der Waals surface area contributed by atoms with Crippen molar-refractivity contribution in [1.29, 1.82) is 0 Å². The second-order valence-corrected chi connectivity index (χ2v) is 3.00. The van der Waals surface area contributed by atoms with Gasteiger partial charge in [-0.3, -0.25) is 14.9 Å². The molecule has 8 heteroatoms. The molecule has 2 aromatic rings. The van der Waals surface area contributed by atoms with Crippen molar-refractivity contribution in [1.82, 2.24) is 9.97 Å². The third kappa shape index (κ3) is 1.24. The molecular formula is C8H5N3O5. The van der Waals surface area contributed by atoms with Crippen molar-refractivity contribution in [2.45, 2.75) is 0 Å². The van der Waals surface area contributed by atoms with E-state index < -0.39 is 27.7 Å². The average Bonchev–Trinajstić information content (AvgIpc) is 2.58. The average molecular weight is 223 g/mol. The smallest absolute Gasteiger partial charge is 0.359 e. The lowest BCUT2D eigenvalue weighted by Crippen LogP contribution is -2.04. The standard InChI is InChI=1S/C8H5N3O5/c12-3-1-2-9-7-4(3)6(11(15)16)5(10-7)8(13)14/h1-2H,(H,13,14)(H2,9,10,12). The van der Waals surface area contributed by atoms with Crippen molar-refractivity contribution in [3.63, 3.8) is 0 Å². The van der Waals surface area contributed by atoms with Crippen LogP contribution in [-0.4, -0.2) is 26.0 Å². The first-order valence-electron chi connectivity index (χ1n) is 4.13. The Hall–Kier alpha value is -2.64. The molecule has 0 aromatic carbocycles. The summed E-state index contributed by atoms with van der Waals surface area (Å²) in [5.41, 5.74) is -1.91. The molecule has 0 amide bonds. The van der Waals surface area contributed by atoms with Crippen LogP contribution in [0.1, 0.15) is 10.5 Å². The topological polar surface area (TPSA) is 129 Å². The zero-order valence-corrected chi connectivity index (χ0v) is 7.68. The van der Waals surface area contributed by atoms with Gasteiger partial charge in [0.1, 0.15) is 11.0 Å². The second kappa shape index (κ2) is 3.19. The molecule has 0 unspecified atom stereocenters. The van der Waals surface area contributed by atoms with Crippen molar-refractivity contribution in [3.05, 3.63) is 38.3 Å². The molecule has 2 aromatic heterocycles. The summed E-state index contributed by atoms with van der Waals surface area (Å²) in [6, 6.07) is 1.09. The van der Waals surface area contributed by atoms with Crippen LogP contribution in [-0.2, 0) is 0 Å². The molecule has 8 nitrogen and oxygen atoms in total. The molecule has 0 spiro atoms. The van der Waals surface area contributed by atoms with Crippen LogP contribution < -0.4 is 5.43 Å². The van der Waals surface area contributed by atoms with Crippen LogP contribution in [0.25, 0.3) is 11.0 Å².